The molecule has 150 valence electrons. The zero-order chi connectivity index (χ0) is 20.4. The number of nitro benzene ring substituents is 1. The van der Waals surface area contributed by atoms with E-state index in [4.69, 9.17) is 0 Å². The Morgan fingerprint density at radius 3 is 2.72 bits per heavy atom. The van der Waals surface area contributed by atoms with Crippen LogP contribution >= 0.6 is 11.3 Å². The second kappa shape index (κ2) is 8.04. The molecule has 0 unspecified atom stereocenters. The molecule has 2 aromatic heterocycles. The van der Waals surface area contributed by atoms with Gasteiger partial charge in [-0.2, -0.15) is 5.10 Å². The molecule has 1 fully saturated rings. The molecule has 4 rings (SSSR count). The molecule has 1 aliphatic rings. The zero-order valence-electron chi connectivity index (χ0n) is 15.9. The molecule has 0 aliphatic carbocycles. The third-order valence-corrected chi connectivity index (χ3v) is 6.15. The second-order valence-corrected chi connectivity index (χ2v) is 8.36. The first-order chi connectivity index (χ1) is 14.0. The van der Waals surface area contributed by atoms with Gasteiger partial charge in [0.1, 0.15) is 5.69 Å². The van der Waals surface area contributed by atoms with Crippen molar-refractivity contribution < 1.29 is 9.72 Å². The van der Waals surface area contributed by atoms with E-state index in [0.29, 0.717) is 37.4 Å². The number of anilines is 2. The average molecular weight is 411 g/mol. The first kappa shape index (κ1) is 19.1. The minimum atomic E-state index is -0.363. The third-order valence-electron chi connectivity index (χ3n) is 5.12. The van der Waals surface area contributed by atoms with E-state index in [-0.39, 0.29) is 22.4 Å². The van der Waals surface area contributed by atoms with Gasteiger partial charge >= 0.3 is 0 Å². The molecule has 0 atom stereocenters. The van der Waals surface area contributed by atoms with Gasteiger partial charge in [0.25, 0.3) is 5.69 Å². The Morgan fingerprint density at radius 2 is 2.03 bits per heavy atom. The molecule has 0 radical (unpaired) electrons. The number of H-pyrrole nitrogens is 1. The minimum absolute atomic E-state index is 0.0624. The Kier molecular flexibility index (Phi) is 5.30. The monoisotopic (exact) mass is 411 g/mol. The van der Waals surface area contributed by atoms with Crippen LogP contribution < -0.4 is 10.2 Å². The number of aryl methyl sites for hydroxylation is 1. The van der Waals surface area contributed by atoms with Crippen LogP contribution in [0.3, 0.4) is 0 Å². The number of amides is 1. The van der Waals surface area contributed by atoms with E-state index in [1.54, 1.807) is 29.5 Å². The maximum absolute atomic E-state index is 12.6. The van der Waals surface area contributed by atoms with Gasteiger partial charge in [-0.3, -0.25) is 20.0 Å². The highest BCUT2D eigenvalue weighted by Gasteiger charge is 2.28. The number of aromatic amines is 1. The maximum Gasteiger partial charge on any atom is 0.292 e. The number of thiophene rings is 1. The number of rotatable bonds is 5. The van der Waals surface area contributed by atoms with Gasteiger partial charge in [-0.25, -0.2) is 0 Å². The molecule has 0 saturated carbocycles. The van der Waals surface area contributed by atoms with E-state index in [2.05, 4.69) is 15.5 Å². The van der Waals surface area contributed by atoms with Gasteiger partial charge in [-0.1, -0.05) is 12.1 Å². The lowest BCUT2D eigenvalue weighted by Gasteiger charge is -2.32. The lowest BCUT2D eigenvalue weighted by molar-refractivity contribution is -0.384. The van der Waals surface area contributed by atoms with Crippen molar-refractivity contribution in [2.45, 2.75) is 19.8 Å². The maximum atomic E-state index is 12.6. The number of para-hydroxylation sites is 2. The standard InChI is InChI=1S/C20H21N5O3S/c1-13-6-7-18(29-13)15-12-19(23-22-15)21-20(26)14-8-10-24(11-9-14)16-4-2-3-5-17(16)25(27)28/h2-7,12,14H,8-11H2,1H3,(H2,21,22,23,26). The molecule has 3 heterocycles. The lowest BCUT2D eigenvalue weighted by atomic mass is 9.95. The van der Waals surface area contributed by atoms with Crippen LogP contribution in [0.4, 0.5) is 17.2 Å². The van der Waals surface area contributed by atoms with Crippen LogP contribution in [0, 0.1) is 23.0 Å². The first-order valence-electron chi connectivity index (χ1n) is 9.42. The number of piperidine rings is 1. The fourth-order valence-corrected chi connectivity index (χ4v) is 4.42. The Morgan fingerprint density at radius 1 is 1.28 bits per heavy atom. The van der Waals surface area contributed by atoms with Gasteiger partial charge in [0.05, 0.1) is 15.5 Å². The highest BCUT2D eigenvalue weighted by molar-refractivity contribution is 7.15. The highest BCUT2D eigenvalue weighted by Crippen LogP contribution is 2.32. The minimum Gasteiger partial charge on any atom is -0.366 e. The smallest absolute Gasteiger partial charge is 0.292 e. The number of nitro groups is 1. The molecule has 8 nitrogen and oxygen atoms in total. The molecule has 0 bridgehead atoms. The quantitative estimate of drug-likeness (QED) is 0.483. The van der Waals surface area contributed by atoms with Gasteiger partial charge in [0, 0.05) is 36.0 Å². The predicted octanol–water partition coefficient (Wildman–Crippen LogP) is 4.21. The Hall–Kier alpha value is -3.20. The SMILES string of the molecule is Cc1ccc(-c2cc(NC(=O)C3CCN(c4ccccc4[N+](=O)[O-])CC3)n[nH]2)s1. The summed E-state index contributed by atoms with van der Waals surface area (Å²) in [6, 6.07) is 12.6. The first-order valence-corrected chi connectivity index (χ1v) is 10.2. The number of nitrogens with zero attached hydrogens (tertiary/aromatic N) is 3. The van der Waals surface area contributed by atoms with Crippen molar-refractivity contribution >= 4 is 34.4 Å². The number of benzene rings is 1. The lowest BCUT2D eigenvalue weighted by Crippen LogP contribution is -2.38. The molecule has 1 amide bonds. The van der Waals surface area contributed by atoms with Gasteiger partial charge in [-0.05, 0) is 38.0 Å². The summed E-state index contributed by atoms with van der Waals surface area (Å²) in [5, 5.41) is 21.3. The molecule has 1 saturated heterocycles. The molecule has 9 heteroatoms. The number of hydrogen-bond donors (Lipinski definition) is 2. The molecule has 2 N–H and O–H groups in total. The molecule has 0 spiro atoms. The largest absolute Gasteiger partial charge is 0.366 e. The average Bonchev–Trinajstić information content (AvgIpc) is 3.37. The van der Waals surface area contributed by atoms with Crippen LogP contribution in [-0.2, 0) is 4.79 Å². The zero-order valence-corrected chi connectivity index (χ0v) is 16.7. The number of hydrogen-bond acceptors (Lipinski definition) is 6. The van der Waals surface area contributed by atoms with Gasteiger partial charge in [0.2, 0.25) is 5.91 Å². The van der Waals surface area contributed by atoms with E-state index < -0.39 is 0 Å². The summed E-state index contributed by atoms with van der Waals surface area (Å²) in [7, 11) is 0. The van der Waals surface area contributed by atoms with Crippen molar-refractivity contribution in [1.29, 1.82) is 0 Å². The fourth-order valence-electron chi connectivity index (χ4n) is 3.59. The van der Waals surface area contributed by atoms with Crippen LogP contribution in [0.25, 0.3) is 10.6 Å². The van der Waals surface area contributed by atoms with Crippen LogP contribution in [0.2, 0.25) is 0 Å². The van der Waals surface area contributed by atoms with E-state index in [0.717, 1.165) is 10.6 Å². The molecular formula is C20H21N5O3S. The van der Waals surface area contributed by atoms with Gasteiger partial charge < -0.3 is 10.2 Å². The number of carbonyl (C=O) groups is 1. The van der Waals surface area contributed by atoms with Crippen LogP contribution in [0.5, 0.6) is 0 Å². The Bertz CT molecular complexity index is 1040. The van der Waals surface area contributed by atoms with Crippen molar-refractivity contribution in [3.63, 3.8) is 0 Å². The van der Waals surface area contributed by atoms with Crippen molar-refractivity contribution in [3.05, 3.63) is 57.5 Å². The topological polar surface area (TPSA) is 104 Å². The number of nitrogens with one attached hydrogen (secondary N) is 2. The third kappa shape index (κ3) is 4.14. The van der Waals surface area contributed by atoms with E-state index >= 15 is 0 Å². The summed E-state index contributed by atoms with van der Waals surface area (Å²) in [4.78, 5) is 27.8. The summed E-state index contributed by atoms with van der Waals surface area (Å²) in [5.41, 5.74) is 1.59. The van der Waals surface area contributed by atoms with Crippen LogP contribution in [-0.4, -0.2) is 34.1 Å². The molecular weight excluding hydrogens is 390 g/mol. The Labute approximate surface area is 171 Å². The summed E-state index contributed by atoms with van der Waals surface area (Å²) in [6.07, 6.45) is 1.28. The van der Waals surface area contributed by atoms with E-state index in [1.165, 1.54) is 10.9 Å². The van der Waals surface area contributed by atoms with Crippen LogP contribution in [0.1, 0.15) is 17.7 Å². The molecule has 1 aromatic carbocycles. The second-order valence-electron chi connectivity index (χ2n) is 7.07. The van der Waals surface area contributed by atoms with Gasteiger partial charge in [0.15, 0.2) is 5.82 Å². The molecule has 1 aliphatic heterocycles. The summed E-state index contributed by atoms with van der Waals surface area (Å²) in [5.74, 6) is 0.308. The Balaban J connectivity index is 1.36. The van der Waals surface area contributed by atoms with Crippen molar-refractivity contribution in [1.82, 2.24) is 10.2 Å². The fraction of sp³-hybridized carbons (Fsp3) is 0.300. The van der Waals surface area contributed by atoms with E-state index in [1.807, 2.05) is 30.0 Å². The summed E-state index contributed by atoms with van der Waals surface area (Å²) in [6.45, 7) is 3.25. The van der Waals surface area contributed by atoms with Crippen molar-refractivity contribution in [2.24, 2.45) is 5.92 Å². The predicted molar refractivity (Wildman–Crippen MR) is 113 cm³/mol. The van der Waals surface area contributed by atoms with Crippen LogP contribution in [0.15, 0.2) is 42.5 Å². The highest BCUT2D eigenvalue weighted by atomic mass is 32.1. The van der Waals surface area contributed by atoms with Gasteiger partial charge in [-0.15, -0.1) is 11.3 Å². The normalized spacial score (nSPS) is 14.7. The summed E-state index contributed by atoms with van der Waals surface area (Å²) < 4.78 is 0. The number of carbonyl (C=O) groups excluding carboxylic acids is 1. The molecule has 3 aromatic rings. The molecule has 29 heavy (non-hydrogen) atoms. The van der Waals surface area contributed by atoms with Crippen molar-refractivity contribution in [2.75, 3.05) is 23.3 Å². The van der Waals surface area contributed by atoms with E-state index in [9.17, 15) is 14.9 Å². The van der Waals surface area contributed by atoms with Crippen molar-refractivity contribution in [3.8, 4) is 10.6 Å². The summed E-state index contributed by atoms with van der Waals surface area (Å²) >= 11 is 1.66. The number of aromatic nitrogens is 2.